The van der Waals surface area contributed by atoms with Crippen molar-refractivity contribution >= 4 is 41.2 Å². The highest BCUT2D eigenvalue weighted by molar-refractivity contribution is 7.99. The number of amides is 3. The van der Waals surface area contributed by atoms with E-state index < -0.39 is 28.1 Å². The van der Waals surface area contributed by atoms with Gasteiger partial charge in [-0.1, -0.05) is 12.1 Å². The summed E-state index contributed by atoms with van der Waals surface area (Å²) < 4.78 is 16.2. The summed E-state index contributed by atoms with van der Waals surface area (Å²) in [6.45, 7) is 1.42. The number of nitrogens with zero attached hydrogens (tertiary/aromatic N) is 5. The zero-order valence-electron chi connectivity index (χ0n) is 28.3. The molecule has 15 nitrogen and oxygen atoms in total. The van der Waals surface area contributed by atoms with Crippen LogP contribution < -0.4 is 4.74 Å². The predicted octanol–water partition coefficient (Wildman–Crippen LogP) is 5.64. The largest absolute Gasteiger partial charge is 0.497 e. The molecule has 0 saturated carbocycles. The first-order valence-electron chi connectivity index (χ1n) is 16.3. The fourth-order valence-corrected chi connectivity index (χ4v) is 7.26. The lowest BCUT2D eigenvalue weighted by Gasteiger charge is -2.27. The fourth-order valence-electron chi connectivity index (χ4n) is 6.06. The molecule has 3 aromatic carbocycles. The number of rotatable bonds is 13. The Balaban J connectivity index is 1.17. The molecule has 3 aromatic rings. The lowest BCUT2D eigenvalue weighted by atomic mass is 10.1. The van der Waals surface area contributed by atoms with Gasteiger partial charge in [-0.05, 0) is 71.8 Å². The van der Waals surface area contributed by atoms with E-state index in [1.54, 1.807) is 30.8 Å². The zero-order chi connectivity index (χ0) is 36.5. The lowest BCUT2D eigenvalue weighted by molar-refractivity contribution is -0.385. The van der Waals surface area contributed by atoms with E-state index in [-0.39, 0.29) is 41.7 Å². The molecule has 0 radical (unpaired) electrons. The van der Waals surface area contributed by atoms with Crippen molar-refractivity contribution in [3.8, 4) is 5.75 Å². The van der Waals surface area contributed by atoms with E-state index in [9.17, 15) is 34.6 Å². The molecule has 2 fully saturated rings. The minimum atomic E-state index is -0.731. The van der Waals surface area contributed by atoms with Crippen LogP contribution in [0.15, 0.2) is 72.8 Å². The molecule has 2 heterocycles. The molecular weight excluding hydrogens is 682 g/mol. The second-order valence-corrected chi connectivity index (χ2v) is 13.7. The number of nitro benzene ring substituents is 2. The van der Waals surface area contributed by atoms with Gasteiger partial charge in [0.25, 0.3) is 11.4 Å². The summed E-state index contributed by atoms with van der Waals surface area (Å²) in [6, 6.07) is 18.5. The quantitative estimate of drug-likeness (QED) is 0.158. The zero-order valence-corrected chi connectivity index (χ0v) is 29.1. The summed E-state index contributed by atoms with van der Waals surface area (Å²) in [5.74, 6) is 1.25. The van der Waals surface area contributed by atoms with E-state index in [4.69, 9.17) is 14.2 Å². The Morgan fingerprint density at radius 3 is 1.98 bits per heavy atom. The van der Waals surface area contributed by atoms with Crippen LogP contribution in [0.2, 0.25) is 0 Å². The second-order valence-electron chi connectivity index (χ2n) is 12.5. The molecule has 0 unspecified atom stereocenters. The van der Waals surface area contributed by atoms with E-state index in [0.29, 0.717) is 55.9 Å². The molecular formula is C35H39N5O10S. The van der Waals surface area contributed by atoms with Crippen molar-refractivity contribution in [3.63, 3.8) is 0 Å². The topological polar surface area (TPSA) is 175 Å². The number of benzene rings is 3. The van der Waals surface area contributed by atoms with Crippen molar-refractivity contribution in [1.29, 1.82) is 0 Å². The molecule has 0 spiro atoms. The van der Waals surface area contributed by atoms with Crippen LogP contribution in [0, 0.1) is 26.1 Å². The SMILES string of the molecule is COc1ccc(CS[C@H]2C[C@@H](C(=O)N3CC[C@H](CN(C)C(=O)OCc4ccc([N+](=O)[O-])cc4)C3)N(C(=O)OCc3ccc([N+](=O)[O-])cc3)C2)cc1. The van der Waals surface area contributed by atoms with E-state index in [0.717, 1.165) is 11.3 Å². The second kappa shape index (κ2) is 17.0. The third-order valence-corrected chi connectivity index (χ3v) is 10.2. The lowest BCUT2D eigenvalue weighted by Crippen LogP contribution is -2.47. The Bertz CT molecular complexity index is 1710. The molecule has 270 valence electrons. The van der Waals surface area contributed by atoms with Crippen molar-refractivity contribution in [1.82, 2.24) is 14.7 Å². The van der Waals surface area contributed by atoms with Crippen molar-refractivity contribution in [2.75, 3.05) is 40.3 Å². The summed E-state index contributed by atoms with van der Waals surface area (Å²) in [5, 5.41) is 21.8. The molecule has 2 saturated heterocycles. The van der Waals surface area contributed by atoms with Gasteiger partial charge in [-0.15, -0.1) is 0 Å². The molecule has 5 rings (SSSR count). The Hall–Kier alpha value is -5.38. The summed E-state index contributed by atoms with van der Waals surface area (Å²) in [7, 11) is 3.23. The first-order chi connectivity index (χ1) is 24.5. The monoisotopic (exact) mass is 721 g/mol. The van der Waals surface area contributed by atoms with Gasteiger partial charge < -0.3 is 24.0 Å². The third kappa shape index (κ3) is 9.87. The Labute approximate surface area is 298 Å². The Morgan fingerprint density at radius 2 is 1.41 bits per heavy atom. The average Bonchev–Trinajstić information content (AvgIpc) is 3.80. The van der Waals surface area contributed by atoms with Crippen molar-refractivity contribution in [3.05, 3.63) is 110 Å². The number of thioether (sulfide) groups is 1. The molecule has 3 atom stereocenters. The maximum absolute atomic E-state index is 14.0. The molecule has 2 aliphatic heterocycles. The summed E-state index contributed by atoms with van der Waals surface area (Å²) in [6.07, 6.45) is -0.0702. The van der Waals surface area contributed by atoms with Crippen molar-refractivity contribution in [2.45, 2.75) is 43.1 Å². The van der Waals surface area contributed by atoms with Gasteiger partial charge in [0.05, 0.1) is 17.0 Å². The summed E-state index contributed by atoms with van der Waals surface area (Å²) >= 11 is 1.66. The van der Waals surface area contributed by atoms with E-state index in [1.165, 1.54) is 58.3 Å². The van der Waals surface area contributed by atoms with Crippen molar-refractivity contribution in [2.24, 2.45) is 5.92 Å². The van der Waals surface area contributed by atoms with Crippen LogP contribution >= 0.6 is 11.8 Å². The standard InChI is InChI=1S/C35H39N5O10S/c1-36(34(42)49-21-24-3-9-28(10-4-24)39(44)45)18-27-15-16-37(19-27)33(41)32-17-31(51-23-26-7-13-30(48-2)14-8-26)20-38(32)35(43)50-22-25-5-11-29(12-6-25)40(46)47/h3-14,27,31-32H,15-23H2,1-2H3/t27-,31+,32+/m1/s1. The van der Waals surface area contributed by atoms with Crippen molar-refractivity contribution < 1.29 is 38.4 Å². The van der Waals surface area contributed by atoms with Crippen LogP contribution in [0.25, 0.3) is 0 Å². The highest BCUT2D eigenvalue weighted by Gasteiger charge is 2.43. The van der Waals surface area contributed by atoms with E-state index >= 15 is 0 Å². The van der Waals surface area contributed by atoms with Crippen LogP contribution in [0.3, 0.4) is 0 Å². The van der Waals surface area contributed by atoms with Gasteiger partial charge >= 0.3 is 12.2 Å². The molecule has 2 aliphatic rings. The highest BCUT2D eigenvalue weighted by Crippen LogP contribution is 2.33. The van der Waals surface area contributed by atoms with Crippen LogP contribution in [0.4, 0.5) is 21.0 Å². The maximum Gasteiger partial charge on any atom is 0.410 e. The van der Waals surface area contributed by atoms with Crippen LogP contribution in [0.5, 0.6) is 5.75 Å². The molecule has 3 amide bonds. The number of carbonyl (C=O) groups excluding carboxylic acids is 3. The summed E-state index contributed by atoms with van der Waals surface area (Å²) in [5.41, 5.74) is 2.17. The first kappa shape index (κ1) is 36.9. The minimum absolute atomic E-state index is 0.00457. The molecule has 0 N–H and O–H groups in total. The molecule has 16 heteroatoms. The maximum atomic E-state index is 14.0. The van der Waals surface area contributed by atoms with Crippen LogP contribution in [0.1, 0.15) is 29.5 Å². The molecule has 51 heavy (non-hydrogen) atoms. The Kier molecular flexibility index (Phi) is 12.3. The van der Waals surface area contributed by atoms with Gasteiger partial charge in [0.2, 0.25) is 5.91 Å². The number of carbonyl (C=O) groups is 3. The number of nitro groups is 2. The smallest absolute Gasteiger partial charge is 0.410 e. The first-order valence-corrected chi connectivity index (χ1v) is 17.4. The highest BCUT2D eigenvalue weighted by atomic mass is 32.2. The van der Waals surface area contributed by atoms with E-state index in [1.807, 2.05) is 24.3 Å². The van der Waals surface area contributed by atoms with Gasteiger partial charge in [-0.2, -0.15) is 11.8 Å². The normalized spacial score (nSPS) is 18.3. The number of hydrogen-bond donors (Lipinski definition) is 0. The third-order valence-electron chi connectivity index (χ3n) is 8.89. The number of non-ortho nitro benzene ring substituents is 2. The van der Waals surface area contributed by atoms with E-state index in [2.05, 4.69) is 0 Å². The number of likely N-dealkylation sites (tertiary alicyclic amines) is 2. The Morgan fingerprint density at radius 1 is 0.843 bits per heavy atom. The van der Waals surface area contributed by atoms with Gasteiger partial charge in [-0.25, -0.2) is 9.59 Å². The number of ether oxygens (including phenoxy) is 3. The van der Waals surface area contributed by atoms with Crippen LogP contribution in [-0.2, 0) is 33.2 Å². The van der Waals surface area contributed by atoms with Gasteiger partial charge in [0.15, 0.2) is 0 Å². The number of hydrogen-bond acceptors (Lipinski definition) is 11. The minimum Gasteiger partial charge on any atom is -0.497 e. The van der Waals surface area contributed by atoms with Gasteiger partial charge in [-0.3, -0.25) is 29.9 Å². The molecule has 0 aliphatic carbocycles. The van der Waals surface area contributed by atoms with Gasteiger partial charge in [0, 0.05) is 68.5 Å². The van der Waals surface area contributed by atoms with Gasteiger partial charge in [0.1, 0.15) is 25.0 Å². The average molecular weight is 722 g/mol. The predicted molar refractivity (Wildman–Crippen MR) is 187 cm³/mol. The van der Waals surface area contributed by atoms with Crippen LogP contribution in [-0.4, -0.2) is 94.3 Å². The number of methoxy groups -OCH3 is 1. The fraction of sp³-hybridized carbons (Fsp3) is 0.400. The summed E-state index contributed by atoms with van der Waals surface area (Å²) in [4.78, 5) is 65.6. The molecule has 0 aromatic heterocycles. The molecule has 0 bridgehead atoms.